The highest BCUT2D eigenvalue weighted by Crippen LogP contribution is 2.18. The molecule has 0 aromatic heterocycles. The van der Waals surface area contributed by atoms with Crippen LogP contribution >= 0.6 is 0 Å². The van der Waals surface area contributed by atoms with Gasteiger partial charge in [-0.3, -0.25) is 14.4 Å². The molecule has 0 saturated carbocycles. The average Bonchev–Trinajstić information content (AvgIpc) is 3.47. The summed E-state index contributed by atoms with van der Waals surface area (Å²) in [5, 5.41) is 0. The van der Waals surface area contributed by atoms with Crippen LogP contribution in [0.15, 0.2) is 60.8 Å². The summed E-state index contributed by atoms with van der Waals surface area (Å²) in [6, 6.07) is 0. The van der Waals surface area contributed by atoms with Crippen LogP contribution in [0.2, 0.25) is 0 Å². The topological polar surface area (TPSA) is 78.9 Å². The Morgan fingerprint density at radius 2 is 0.444 bits per heavy atom. The molecule has 0 aliphatic heterocycles. The van der Waals surface area contributed by atoms with Crippen LogP contribution in [0.25, 0.3) is 0 Å². The minimum absolute atomic E-state index is 0.0747. The van der Waals surface area contributed by atoms with Crippen molar-refractivity contribution in [1.29, 1.82) is 0 Å². The number of unbranched alkanes of at least 4 members (excludes halogenated alkanes) is 45. The van der Waals surface area contributed by atoms with Crippen molar-refractivity contribution in [1.82, 2.24) is 0 Å². The summed E-state index contributed by atoms with van der Waals surface area (Å²) in [7, 11) is 0. The lowest BCUT2D eigenvalue weighted by molar-refractivity contribution is -0.167. The van der Waals surface area contributed by atoms with Crippen molar-refractivity contribution in [3.8, 4) is 0 Å². The number of rotatable bonds is 66. The smallest absolute Gasteiger partial charge is 0.306 e. The first-order valence-corrected chi connectivity index (χ1v) is 35.8. The van der Waals surface area contributed by atoms with Gasteiger partial charge in [0.15, 0.2) is 6.10 Å². The van der Waals surface area contributed by atoms with Crippen LogP contribution in [-0.2, 0) is 28.6 Å². The lowest BCUT2D eigenvalue weighted by Crippen LogP contribution is -2.30. The Kier molecular flexibility index (Phi) is 67.1. The maximum Gasteiger partial charge on any atom is 0.306 e. The van der Waals surface area contributed by atoms with Crippen molar-refractivity contribution in [3.63, 3.8) is 0 Å². The molecular formula is C75H136O6. The molecule has 0 aliphatic rings. The van der Waals surface area contributed by atoms with E-state index in [2.05, 4.69) is 81.5 Å². The number of carbonyl (C=O) groups excluding carboxylic acids is 3. The molecule has 0 amide bonds. The third-order valence-corrected chi connectivity index (χ3v) is 16.0. The van der Waals surface area contributed by atoms with E-state index in [9.17, 15) is 14.4 Å². The Hall–Kier alpha value is -2.89. The predicted octanol–water partition coefficient (Wildman–Crippen LogP) is 24.7. The monoisotopic (exact) mass is 1130 g/mol. The van der Waals surface area contributed by atoms with Gasteiger partial charge in [0.2, 0.25) is 0 Å². The molecule has 0 aromatic carbocycles. The van der Waals surface area contributed by atoms with Crippen molar-refractivity contribution in [2.45, 2.75) is 386 Å². The highest BCUT2D eigenvalue weighted by atomic mass is 16.6. The third kappa shape index (κ3) is 67.8. The number of ether oxygens (including phenoxy) is 3. The van der Waals surface area contributed by atoms with Gasteiger partial charge in [0, 0.05) is 19.3 Å². The Bertz CT molecular complexity index is 1440. The summed E-state index contributed by atoms with van der Waals surface area (Å²) in [6.07, 6.45) is 89.9. The largest absolute Gasteiger partial charge is 0.462 e. The Morgan fingerprint density at radius 1 is 0.247 bits per heavy atom. The van der Waals surface area contributed by atoms with Gasteiger partial charge in [0.05, 0.1) is 0 Å². The first-order chi connectivity index (χ1) is 40.0. The summed E-state index contributed by atoms with van der Waals surface area (Å²) < 4.78 is 16.9. The molecule has 0 saturated heterocycles. The van der Waals surface area contributed by atoms with Gasteiger partial charge < -0.3 is 14.2 Å². The first-order valence-electron chi connectivity index (χ1n) is 35.8. The molecule has 1 unspecified atom stereocenters. The van der Waals surface area contributed by atoms with E-state index in [0.29, 0.717) is 19.3 Å². The highest BCUT2D eigenvalue weighted by Gasteiger charge is 2.19. The van der Waals surface area contributed by atoms with Gasteiger partial charge in [-0.05, 0) is 89.9 Å². The molecule has 0 spiro atoms. The first kappa shape index (κ1) is 78.1. The van der Waals surface area contributed by atoms with E-state index < -0.39 is 6.10 Å². The van der Waals surface area contributed by atoms with Crippen LogP contribution in [0.1, 0.15) is 380 Å². The SMILES string of the molecule is CCCCC/C=C\C/C=C\C/C=C\CCCCCCCCC(=O)OC(COC(=O)CCCCCCCCCCC)COC(=O)CCCCCCCCCCCCCCCCCCCCCCCCC/C=C\C/C=C\CCCCCCC. The summed E-state index contributed by atoms with van der Waals surface area (Å²) in [5.74, 6) is -0.869. The van der Waals surface area contributed by atoms with E-state index >= 15 is 0 Å². The molecule has 472 valence electrons. The molecule has 0 aromatic rings. The molecule has 6 heteroatoms. The maximum atomic E-state index is 12.9. The molecule has 0 N–H and O–H groups in total. The standard InChI is InChI=1S/C75H136O6/c1-4-7-10-13-16-19-21-23-25-27-29-30-31-32-33-34-35-36-37-38-39-40-41-42-43-44-46-47-49-51-53-56-59-62-65-68-74(77)80-71-72(70-79-73(76)67-64-61-58-55-18-15-12-9-6-3)81-75(78)69-66-63-60-57-54-52-50-48-45-28-26-24-22-20-17-14-11-8-5-2/h17,20-21,23-24,26-27,29,45,48,72H,4-16,18-19,22,25,28,30-44,46-47,49-71H2,1-3H3/b20-17-,23-21-,26-24-,29-27-,48-45-. The normalized spacial score (nSPS) is 12.4. The van der Waals surface area contributed by atoms with Crippen LogP contribution in [-0.4, -0.2) is 37.2 Å². The fourth-order valence-corrected chi connectivity index (χ4v) is 10.6. The van der Waals surface area contributed by atoms with Crippen LogP contribution < -0.4 is 0 Å². The molecular weight excluding hydrogens is 997 g/mol. The Balaban J connectivity index is 4.03. The Labute approximate surface area is 504 Å². The van der Waals surface area contributed by atoms with Crippen LogP contribution in [0.5, 0.6) is 0 Å². The molecule has 0 fully saturated rings. The van der Waals surface area contributed by atoms with Gasteiger partial charge in [-0.2, -0.15) is 0 Å². The summed E-state index contributed by atoms with van der Waals surface area (Å²) in [6.45, 7) is 6.62. The second-order valence-electron chi connectivity index (χ2n) is 24.1. The number of esters is 3. The zero-order valence-electron chi connectivity index (χ0n) is 54.3. The van der Waals surface area contributed by atoms with Crippen molar-refractivity contribution in [2.75, 3.05) is 13.2 Å². The molecule has 0 heterocycles. The van der Waals surface area contributed by atoms with Crippen LogP contribution in [0, 0.1) is 0 Å². The van der Waals surface area contributed by atoms with E-state index in [4.69, 9.17) is 14.2 Å². The van der Waals surface area contributed by atoms with E-state index in [1.165, 1.54) is 257 Å². The van der Waals surface area contributed by atoms with Gasteiger partial charge in [0.25, 0.3) is 0 Å². The summed E-state index contributed by atoms with van der Waals surface area (Å²) in [5.41, 5.74) is 0. The van der Waals surface area contributed by atoms with Crippen molar-refractivity contribution >= 4 is 17.9 Å². The summed E-state index contributed by atoms with van der Waals surface area (Å²) >= 11 is 0. The summed E-state index contributed by atoms with van der Waals surface area (Å²) in [4.78, 5) is 38.2. The molecule has 0 aliphatic carbocycles. The van der Waals surface area contributed by atoms with E-state index in [1.54, 1.807) is 0 Å². The molecule has 0 bridgehead atoms. The van der Waals surface area contributed by atoms with Gasteiger partial charge in [-0.25, -0.2) is 0 Å². The molecule has 0 radical (unpaired) electrons. The van der Waals surface area contributed by atoms with Gasteiger partial charge >= 0.3 is 17.9 Å². The number of hydrogen-bond acceptors (Lipinski definition) is 6. The Morgan fingerprint density at radius 3 is 0.716 bits per heavy atom. The van der Waals surface area contributed by atoms with Gasteiger partial charge in [-0.1, -0.05) is 332 Å². The minimum Gasteiger partial charge on any atom is -0.462 e. The predicted molar refractivity (Wildman–Crippen MR) is 353 cm³/mol. The second kappa shape index (κ2) is 69.6. The van der Waals surface area contributed by atoms with Gasteiger partial charge in [-0.15, -0.1) is 0 Å². The minimum atomic E-state index is -0.778. The lowest BCUT2D eigenvalue weighted by atomic mass is 10.0. The van der Waals surface area contributed by atoms with Crippen molar-refractivity contribution in [2.24, 2.45) is 0 Å². The second-order valence-corrected chi connectivity index (χ2v) is 24.1. The van der Waals surface area contributed by atoms with E-state index in [0.717, 1.165) is 83.5 Å². The fraction of sp³-hybridized carbons (Fsp3) is 0.827. The zero-order valence-corrected chi connectivity index (χ0v) is 54.3. The van der Waals surface area contributed by atoms with E-state index in [1.807, 2.05) is 0 Å². The highest BCUT2D eigenvalue weighted by molar-refractivity contribution is 5.71. The van der Waals surface area contributed by atoms with Crippen LogP contribution in [0.3, 0.4) is 0 Å². The molecule has 1 atom stereocenters. The zero-order chi connectivity index (χ0) is 58.5. The maximum absolute atomic E-state index is 12.9. The lowest BCUT2D eigenvalue weighted by Gasteiger charge is -2.18. The molecule has 6 nitrogen and oxygen atoms in total. The number of carbonyl (C=O) groups is 3. The molecule has 81 heavy (non-hydrogen) atoms. The van der Waals surface area contributed by atoms with Gasteiger partial charge in [0.1, 0.15) is 13.2 Å². The van der Waals surface area contributed by atoms with Crippen molar-refractivity contribution in [3.05, 3.63) is 60.8 Å². The number of allylic oxidation sites excluding steroid dienone is 10. The molecule has 0 rings (SSSR count). The van der Waals surface area contributed by atoms with E-state index in [-0.39, 0.29) is 31.1 Å². The van der Waals surface area contributed by atoms with Crippen LogP contribution in [0.4, 0.5) is 0 Å². The fourth-order valence-electron chi connectivity index (χ4n) is 10.6. The average molecular weight is 1130 g/mol. The van der Waals surface area contributed by atoms with Crippen molar-refractivity contribution < 1.29 is 28.6 Å². The quantitative estimate of drug-likeness (QED) is 0.0261. The third-order valence-electron chi connectivity index (χ3n) is 16.0. The number of hydrogen-bond donors (Lipinski definition) is 0.